The van der Waals surface area contributed by atoms with Gasteiger partial charge in [0.2, 0.25) is 0 Å². The van der Waals surface area contributed by atoms with E-state index in [4.69, 9.17) is 27.9 Å². The van der Waals surface area contributed by atoms with Crippen molar-refractivity contribution in [1.29, 1.82) is 0 Å². The molecule has 22 heavy (non-hydrogen) atoms. The maximum Gasteiger partial charge on any atom is 0.340 e. The molecule has 0 fully saturated rings. The van der Waals surface area contributed by atoms with Crippen molar-refractivity contribution in [2.24, 2.45) is 0 Å². The summed E-state index contributed by atoms with van der Waals surface area (Å²) < 4.78 is 5.07. The monoisotopic (exact) mass is 338 g/mol. The number of amides is 1. The molecule has 0 spiro atoms. The van der Waals surface area contributed by atoms with Gasteiger partial charge in [-0.25, -0.2) is 9.78 Å². The fourth-order valence-corrected chi connectivity index (χ4v) is 1.85. The number of hydrogen-bond acceptors (Lipinski definition) is 4. The van der Waals surface area contributed by atoms with Gasteiger partial charge in [0.05, 0.1) is 10.6 Å². The molecule has 0 aliphatic carbocycles. The van der Waals surface area contributed by atoms with Crippen LogP contribution in [0.15, 0.2) is 42.6 Å². The number of anilines is 1. The predicted octanol–water partition coefficient (Wildman–Crippen LogP) is 3.57. The van der Waals surface area contributed by atoms with Gasteiger partial charge in [0.25, 0.3) is 5.91 Å². The zero-order valence-electron chi connectivity index (χ0n) is 11.5. The molecule has 0 saturated carbocycles. The van der Waals surface area contributed by atoms with Crippen LogP contribution in [0.2, 0.25) is 10.2 Å². The smallest absolute Gasteiger partial charge is 0.340 e. The molecule has 1 aromatic heterocycles. The van der Waals surface area contributed by atoms with Gasteiger partial charge in [0.15, 0.2) is 6.10 Å². The van der Waals surface area contributed by atoms with Crippen LogP contribution >= 0.6 is 23.2 Å². The second kappa shape index (κ2) is 7.24. The number of carbonyl (C=O) groups excluding carboxylic acids is 2. The van der Waals surface area contributed by atoms with Crippen LogP contribution in [0.25, 0.3) is 0 Å². The molecule has 1 N–H and O–H groups in total. The van der Waals surface area contributed by atoms with E-state index in [0.717, 1.165) is 0 Å². The van der Waals surface area contributed by atoms with E-state index in [-0.39, 0.29) is 15.7 Å². The number of aromatic nitrogens is 1. The lowest BCUT2D eigenvalue weighted by Crippen LogP contribution is -2.30. The number of hydrogen-bond donors (Lipinski definition) is 1. The summed E-state index contributed by atoms with van der Waals surface area (Å²) in [4.78, 5) is 27.6. The van der Waals surface area contributed by atoms with Crippen LogP contribution in [0, 0.1) is 0 Å². The average Bonchev–Trinajstić information content (AvgIpc) is 2.50. The van der Waals surface area contributed by atoms with Gasteiger partial charge in [-0.1, -0.05) is 41.4 Å². The van der Waals surface area contributed by atoms with E-state index in [1.54, 1.807) is 24.3 Å². The van der Waals surface area contributed by atoms with E-state index < -0.39 is 18.0 Å². The average molecular weight is 339 g/mol. The third-order valence-electron chi connectivity index (χ3n) is 2.73. The number of esters is 1. The van der Waals surface area contributed by atoms with Gasteiger partial charge in [0.1, 0.15) is 5.15 Å². The topological polar surface area (TPSA) is 68.3 Å². The predicted molar refractivity (Wildman–Crippen MR) is 84.2 cm³/mol. The molecule has 1 atom stereocenters. The largest absolute Gasteiger partial charge is 0.449 e. The second-order valence-corrected chi connectivity index (χ2v) is 5.16. The Morgan fingerprint density at radius 3 is 2.55 bits per heavy atom. The zero-order chi connectivity index (χ0) is 16.1. The van der Waals surface area contributed by atoms with Crippen molar-refractivity contribution in [3.63, 3.8) is 0 Å². The maximum absolute atomic E-state index is 11.9. The van der Waals surface area contributed by atoms with Crippen molar-refractivity contribution in [3.05, 3.63) is 58.3 Å². The normalized spacial score (nSPS) is 11.6. The Morgan fingerprint density at radius 1 is 1.23 bits per heavy atom. The molecule has 1 heterocycles. The fraction of sp³-hybridized carbons (Fsp3) is 0.133. The van der Waals surface area contributed by atoms with Gasteiger partial charge in [-0.15, -0.1) is 0 Å². The lowest BCUT2D eigenvalue weighted by atomic mass is 10.2. The molecule has 0 saturated heterocycles. The van der Waals surface area contributed by atoms with Crippen molar-refractivity contribution in [1.82, 2.24) is 4.98 Å². The Balaban J connectivity index is 1.98. The van der Waals surface area contributed by atoms with Gasteiger partial charge < -0.3 is 10.1 Å². The first-order chi connectivity index (χ1) is 10.5. The van der Waals surface area contributed by atoms with Crippen LogP contribution in [0.4, 0.5) is 5.69 Å². The summed E-state index contributed by atoms with van der Waals surface area (Å²) >= 11 is 11.5. The Labute approximate surface area is 137 Å². The fourth-order valence-electron chi connectivity index (χ4n) is 1.58. The first-order valence-corrected chi connectivity index (χ1v) is 7.11. The van der Waals surface area contributed by atoms with Gasteiger partial charge in [0, 0.05) is 11.9 Å². The van der Waals surface area contributed by atoms with E-state index in [2.05, 4.69) is 10.3 Å². The maximum atomic E-state index is 11.9. The van der Waals surface area contributed by atoms with Gasteiger partial charge in [-0.3, -0.25) is 4.79 Å². The van der Waals surface area contributed by atoms with Crippen molar-refractivity contribution >= 4 is 40.8 Å². The lowest BCUT2D eigenvalue weighted by Gasteiger charge is -2.13. The molecule has 0 aliphatic heterocycles. The SMILES string of the molecule is CC(OC(=O)c1cnc(Cl)c(Cl)c1)C(=O)Nc1ccccc1. The molecular weight excluding hydrogens is 327 g/mol. The highest BCUT2D eigenvalue weighted by Gasteiger charge is 2.19. The van der Waals surface area contributed by atoms with Crippen LogP contribution in [0.1, 0.15) is 17.3 Å². The van der Waals surface area contributed by atoms with Crippen molar-refractivity contribution < 1.29 is 14.3 Å². The number of ether oxygens (including phenoxy) is 1. The van der Waals surface area contributed by atoms with E-state index in [1.807, 2.05) is 6.07 Å². The van der Waals surface area contributed by atoms with E-state index in [0.29, 0.717) is 5.69 Å². The minimum absolute atomic E-state index is 0.0908. The van der Waals surface area contributed by atoms with Crippen LogP contribution in [-0.4, -0.2) is 23.0 Å². The quantitative estimate of drug-likeness (QED) is 0.683. The molecule has 1 amide bonds. The van der Waals surface area contributed by atoms with Gasteiger partial charge in [-0.05, 0) is 25.1 Å². The standard InChI is InChI=1S/C15H12Cl2N2O3/c1-9(14(20)19-11-5-3-2-4-6-11)22-15(21)10-7-12(16)13(17)18-8-10/h2-9H,1H3,(H,19,20). The van der Waals surface area contributed by atoms with Gasteiger partial charge >= 0.3 is 5.97 Å². The van der Waals surface area contributed by atoms with E-state index in [1.165, 1.54) is 19.2 Å². The minimum Gasteiger partial charge on any atom is -0.449 e. The zero-order valence-corrected chi connectivity index (χ0v) is 13.1. The van der Waals surface area contributed by atoms with E-state index >= 15 is 0 Å². The number of carbonyl (C=O) groups is 2. The highest BCUT2D eigenvalue weighted by Crippen LogP contribution is 2.20. The minimum atomic E-state index is -0.970. The third-order valence-corrected chi connectivity index (χ3v) is 3.41. The van der Waals surface area contributed by atoms with Crippen LogP contribution in [0.5, 0.6) is 0 Å². The molecule has 0 radical (unpaired) electrons. The summed E-state index contributed by atoms with van der Waals surface area (Å²) in [6.07, 6.45) is 0.264. The summed E-state index contributed by atoms with van der Waals surface area (Å²) in [5, 5.41) is 2.87. The van der Waals surface area contributed by atoms with Crippen LogP contribution in [0.3, 0.4) is 0 Å². The van der Waals surface area contributed by atoms with Gasteiger partial charge in [-0.2, -0.15) is 0 Å². The molecule has 0 aliphatic rings. The summed E-state index contributed by atoms with van der Waals surface area (Å²) in [5.74, 6) is -1.14. The Morgan fingerprint density at radius 2 is 1.91 bits per heavy atom. The van der Waals surface area contributed by atoms with Crippen LogP contribution in [-0.2, 0) is 9.53 Å². The molecule has 2 aromatic rings. The molecular formula is C15H12Cl2N2O3. The molecule has 114 valence electrons. The Hall–Kier alpha value is -2.11. The van der Waals surface area contributed by atoms with Crippen molar-refractivity contribution in [3.8, 4) is 0 Å². The first kappa shape index (κ1) is 16.3. The molecule has 0 bridgehead atoms. The second-order valence-electron chi connectivity index (χ2n) is 4.40. The Bertz CT molecular complexity index is 692. The Kier molecular flexibility index (Phi) is 5.35. The highest BCUT2D eigenvalue weighted by molar-refractivity contribution is 6.41. The first-order valence-electron chi connectivity index (χ1n) is 6.35. The molecule has 1 aromatic carbocycles. The number of pyridine rings is 1. The summed E-state index contributed by atoms with van der Waals surface area (Å²) in [6, 6.07) is 10.2. The number of rotatable bonds is 4. The number of para-hydroxylation sites is 1. The molecule has 1 unspecified atom stereocenters. The number of halogens is 2. The summed E-state index contributed by atoms with van der Waals surface area (Å²) in [7, 11) is 0. The number of benzene rings is 1. The number of nitrogens with zero attached hydrogens (tertiary/aromatic N) is 1. The van der Waals surface area contributed by atoms with Crippen LogP contribution < -0.4 is 5.32 Å². The number of nitrogens with one attached hydrogen (secondary N) is 1. The third kappa shape index (κ3) is 4.19. The molecule has 7 heteroatoms. The lowest BCUT2D eigenvalue weighted by molar-refractivity contribution is -0.123. The van der Waals surface area contributed by atoms with E-state index in [9.17, 15) is 9.59 Å². The summed E-state index contributed by atoms with van der Waals surface area (Å²) in [5.41, 5.74) is 0.736. The van der Waals surface area contributed by atoms with Crippen molar-refractivity contribution in [2.75, 3.05) is 5.32 Å². The molecule has 5 nitrogen and oxygen atoms in total. The summed E-state index contributed by atoms with van der Waals surface area (Å²) in [6.45, 7) is 1.47. The highest BCUT2D eigenvalue weighted by atomic mass is 35.5. The molecule has 2 rings (SSSR count). The van der Waals surface area contributed by atoms with Crippen molar-refractivity contribution in [2.45, 2.75) is 13.0 Å².